The molecule has 27 nitrogen and oxygen atoms in total. The van der Waals surface area contributed by atoms with E-state index in [1.807, 2.05) is 54.6 Å². The number of fused-ring (bicyclic) bond motifs is 5. The van der Waals surface area contributed by atoms with E-state index in [1.54, 1.807) is 161 Å². The highest BCUT2D eigenvalue weighted by Gasteiger charge is 2.47. The molecular weight excluding hydrogens is 1990 g/mol. The summed E-state index contributed by atoms with van der Waals surface area (Å²) < 4.78 is 40.4. The van der Waals surface area contributed by atoms with Gasteiger partial charge in [-0.1, -0.05) is 160 Å². The van der Waals surface area contributed by atoms with Crippen LogP contribution in [0.5, 0.6) is 40.2 Å². The summed E-state index contributed by atoms with van der Waals surface area (Å²) in [5, 5.41) is 3.84. The van der Waals surface area contributed by atoms with Crippen LogP contribution in [0.25, 0.3) is 0 Å². The molecule has 0 saturated heterocycles. The van der Waals surface area contributed by atoms with Crippen LogP contribution in [0.15, 0.2) is 182 Å². The minimum absolute atomic E-state index is 0.0517. The van der Waals surface area contributed by atoms with Gasteiger partial charge in [0.1, 0.15) is 90.7 Å². The molecule has 5 fully saturated rings. The molecule has 0 N–H and O–H groups in total. The van der Waals surface area contributed by atoms with Crippen LogP contribution in [-0.4, -0.2) is 156 Å². The maximum atomic E-state index is 12.9. The van der Waals surface area contributed by atoms with E-state index in [0.717, 1.165) is 44.5 Å². The highest BCUT2D eigenvalue weighted by atomic mass is 35.5. The number of halogens is 8. The molecule has 10 aromatic rings. The van der Waals surface area contributed by atoms with Gasteiger partial charge in [0.05, 0.1) is 129 Å². The lowest BCUT2D eigenvalue weighted by atomic mass is 9.92. The summed E-state index contributed by atoms with van der Waals surface area (Å²) in [6.07, 6.45) is 3.07. The topological polar surface area (TPSA) is 337 Å². The van der Waals surface area contributed by atoms with Crippen molar-refractivity contribution in [1.82, 2.24) is 24.5 Å². The van der Waals surface area contributed by atoms with Crippen molar-refractivity contribution in [1.29, 1.82) is 0 Å². The molecule has 5 atom stereocenters. The third-order valence-electron chi connectivity index (χ3n) is 26.3. The summed E-state index contributed by atoms with van der Waals surface area (Å²) in [5.74, 6) is 1.92. The molecule has 5 amide bonds. The van der Waals surface area contributed by atoms with E-state index >= 15 is 0 Å². The largest absolute Gasteiger partial charge is 0.493 e. The zero-order valence-corrected chi connectivity index (χ0v) is 82.7. The van der Waals surface area contributed by atoms with Crippen LogP contribution in [0.4, 0.5) is 0 Å². The standard InChI is InChI=1S/C23H23NO6.C21H16Cl3NO4.2C21H17Cl2NO4.C21H18ClNO4/c1-28-21-9-6-14(10-22(21)29-2)13-30-20-5-3-4-16-17(20)12-24(23(16)27)18-8-7-15(25)11-19(18)26;22-11-6-16(23)15(17(24)7-11)10-29-20-3-1-2-13-14(20)9-25(21(13)28)18-5-4-12(26)8-19(18)27;22-16-5-1-3-12(20(16)23)11-28-19-6-2-4-14-15(19)10-24(21(14)27)17-8-7-13(25)9-18(17)26;22-13-4-6-17(23)12(8-13)11-28-20-3-1-2-15-16(20)10-24(21(15)27)18-7-5-14(25)9-19(18)26;22-17-6-2-1-4-13(17)12-27-20-7-3-5-15-16(20)11-23(21(15)26)18-9-8-14(24)10-19(18)25/h3-6,9-10,18H,7-8,11-13H2,1-2H3;1-3,6-7,18H,4-5,8-10H2;1-6,17H,7-11H2;1-4,6,8,18H,5,7,9-11H2;1-7,18H,8-12H2. The molecule has 20 rings (SSSR count). The third kappa shape index (κ3) is 22.8. The van der Waals surface area contributed by atoms with Crippen molar-refractivity contribution in [3.8, 4) is 40.2 Å². The molecule has 5 saturated carbocycles. The second-order valence-corrected chi connectivity index (χ2v) is 38.6. The SMILES string of the molecule is COc1ccc(COc2cccc3c2CN(C2CCC(=O)CC2=O)C3=O)cc1OC.O=C1CCC(N2Cc3c(OCc4c(Cl)cc(Cl)cc4Cl)cccc3C2=O)C(=O)C1.O=C1CCC(N2Cc3c(OCc4cc(Cl)ccc4Cl)cccc3C2=O)C(=O)C1.O=C1CCC(N2Cc3c(OCc4cccc(Cl)c4Cl)cccc3C2=O)C(=O)C1.O=C1CCC(N2Cc3c(OCc4ccccc4Cl)cccc3C2=O)C(=O)C1. The minimum atomic E-state index is -0.569. The molecular formula is C107H91Cl8N5O22. The lowest BCUT2D eigenvalue weighted by molar-refractivity contribution is -0.134. The van der Waals surface area contributed by atoms with Crippen molar-refractivity contribution in [2.45, 2.75) is 192 Å². The highest BCUT2D eigenvalue weighted by molar-refractivity contribution is 6.42. The van der Waals surface area contributed by atoms with Crippen LogP contribution >= 0.6 is 92.8 Å². The predicted octanol–water partition coefficient (Wildman–Crippen LogP) is 19.8. The number of amides is 5. The van der Waals surface area contributed by atoms with Crippen LogP contribution in [0, 0.1) is 0 Å². The van der Waals surface area contributed by atoms with Gasteiger partial charge < -0.3 is 57.7 Å². The summed E-state index contributed by atoms with van der Waals surface area (Å²) in [4.78, 5) is 191. The summed E-state index contributed by atoms with van der Waals surface area (Å²) in [7, 11) is 3.16. The van der Waals surface area contributed by atoms with E-state index in [-0.39, 0.29) is 159 Å². The molecule has 5 aliphatic carbocycles. The van der Waals surface area contributed by atoms with Gasteiger partial charge in [0.25, 0.3) is 29.5 Å². The Balaban J connectivity index is 0.000000128. The number of rotatable bonds is 22. The number of hydrogen-bond acceptors (Lipinski definition) is 22. The van der Waals surface area contributed by atoms with Gasteiger partial charge >= 0.3 is 0 Å². The maximum Gasteiger partial charge on any atom is 0.255 e. The molecule has 0 bridgehead atoms. The fourth-order valence-corrected chi connectivity index (χ4v) is 20.8. The van der Waals surface area contributed by atoms with Gasteiger partial charge in [-0.05, 0) is 153 Å². The molecule has 0 spiro atoms. The second kappa shape index (κ2) is 45.2. The molecule has 10 aromatic carbocycles. The van der Waals surface area contributed by atoms with E-state index in [9.17, 15) is 71.9 Å². The van der Waals surface area contributed by atoms with Crippen molar-refractivity contribution in [3.63, 3.8) is 0 Å². The Kier molecular flexibility index (Phi) is 32.5. The van der Waals surface area contributed by atoms with E-state index in [4.69, 9.17) is 126 Å². The van der Waals surface area contributed by atoms with Gasteiger partial charge in [-0.3, -0.25) is 71.9 Å². The quantitative estimate of drug-likeness (QED) is 0.0569. The molecule has 5 aliphatic heterocycles. The Morgan fingerprint density at radius 2 is 0.563 bits per heavy atom. The summed E-state index contributed by atoms with van der Waals surface area (Å²) >= 11 is 49.0. The average Bonchev–Trinajstić information content (AvgIpc) is 1.64. The van der Waals surface area contributed by atoms with Crippen molar-refractivity contribution in [3.05, 3.63) is 306 Å². The molecule has 10 aliphatic rings. The van der Waals surface area contributed by atoms with Gasteiger partial charge in [-0.2, -0.15) is 0 Å². The molecule has 0 aromatic heterocycles. The number of carbonyl (C=O) groups is 15. The van der Waals surface area contributed by atoms with E-state index < -0.39 is 30.2 Å². The van der Waals surface area contributed by atoms with Gasteiger partial charge in [0, 0.05) is 130 Å². The lowest BCUT2D eigenvalue weighted by Gasteiger charge is -2.29. The highest BCUT2D eigenvalue weighted by Crippen LogP contribution is 2.44. The minimum Gasteiger partial charge on any atom is -0.493 e. The van der Waals surface area contributed by atoms with Crippen LogP contribution in [0.2, 0.25) is 40.2 Å². The fourth-order valence-electron chi connectivity index (χ4n) is 18.9. The first-order valence-electron chi connectivity index (χ1n) is 45.7. The second-order valence-electron chi connectivity index (χ2n) is 35.3. The first kappa shape index (κ1) is 102. The first-order chi connectivity index (χ1) is 68.3. The van der Waals surface area contributed by atoms with Crippen LogP contribution in [0.3, 0.4) is 0 Å². The Morgan fingerprint density at radius 3 is 0.908 bits per heavy atom. The number of ether oxygens (including phenoxy) is 7. The molecule has 0 radical (unpaired) electrons. The number of Topliss-reactive ketones (excluding diaryl/α,β-unsaturated/α-hetero) is 10. The van der Waals surface area contributed by atoms with Gasteiger partial charge in [-0.15, -0.1) is 0 Å². The normalized spacial score (nSPS) is 19.0. The smallest absolute Gasteiger partial charge is 0.255 e. The molecule has 35 heteroatoms. The fraction of sp³-hybridized carbons (Fsp3) is 0.299. The van der Waals surface area contributed by atoms with Crippen LogP contribution in [0.1, 0.15) is 204 Å². The number of nitrogens with zero attached hydrogens (tertiary/aromatic N) is 5. The number of hydrogen-bond donors (Lipinski definition) is 0. The first-order valence-corrected chi connectivity index (χ1v) is 48.8. The number of methoxy groups -OCH3 is 2. The summed E-state index contributed by atoms with van der Waals surface area (Å²) in [5.41, 5.74) is 10.2. The molecule has 142 heavy (non-hydrogen) atoms. The Hall–Kier alpha value is -12.8. The summed E-state index contributed by atoms with van der Waals surface area (Å²) in [6, 6.07) is 50.3. The predicted molar refractivity (Wildman–Crippen MR) is 527 cm³/mol. The Bertz CT molecular complexity index is 6690. The number of ketones is 10. The van der Waals surface area contributed by atoms with Crippen LogP contribution < -0.4 is 33.2 Å². The zero-order chi connectivity index (χ0) is 101. The lowest BCUT2D eigenvalue weighted by Crippen LogP contribution is -2.44. The van der Waals surface area contributed by atoms with Crippen molar-refractivity contribution >= 4 is 180 Å². The zero-order valence-electron chi connectivity index (χ0n) is 76.6. The van der Waals surface area contributed by atoms with Crippen molar-refractivity contribution < 1.29 is 105 Å². The molecule has 5 unspecified atom stereocenters. The van der Waals surface area contributed by atoms with E-state index in [2.05, 4.69) is 0 Å². The van der Waals surface area contributed by atoms with E-state index in [0.29, 0.717) is 210 Å². The van der Waals surface area contributed by atoms with Crippen molar-refractivity contribution in [2.75, 3.05) is 14.2 Å². The number of carbonyl (C=O) groups excluding carboxylic acids is 15. The third-order valence-corrected chi connectivity index (χ3v) is 29.0. The maximum absolute atomic E-state index is 12.9. The Morgan fingerprint density at radius 1 is 0.261 bits per heavy atom. The average molecular weight is 2080 g/mol. The van der Waals surface area contributed by atoms with Gasteiger partial charge in [-0.25, -0.2) is 0 Å². The van der Waals surface area contributed by atoms with Crippen LogP contribution in [-0.2, 0) is 114 Å². The monoisotopic (exact) mass is 2080 g/mol. The molecule has 5 heterocycles. The van der Waals surface area contributed by atoms with Crippen molar-refractivity contribution in [2.24, 2.45) is 0 Å². The van der Waals surface area contributed by atoms with E-state index in [1.165, 1.54) is 4.90 Å². The summed E-state index contributed by atoms with van der Waals surface area (Å²) in [6.45, 7) is 2.58. The van der Waals surface area contributed by atoms with Gasteiger partial charge in [0.15, 0.2) is 40.4 Å². The molecule has 732 valence electrons. The number of benzene rings is 10. The van der Waals surface area contributed by atoms with Gasteiger partial charge in [0.2, 0.25) is 0 Å². The Labute approximate surface area is 856 Å².